The molecule has 0 radical (unpaired) electrons. The molecule has 110 valence electrons. The van der Waals surface area contributed by atoms with Gasteiger partial charge >= 0.3 is 0 Å². The SMILES string of the molecule is C[C@@H]1CNCCN1CC(=O)N(C)Cc1ccccc1Br. The number of nitrogens with zero attached hydrogens (tertiary/aromatic N) is 2. The highest BCUT2D eigenvalue weighted by Gasteiger charge is 2.22. The van der Waals surface area contributed by atoms with Crippen LogP contribution in [0.4, 0.5) is 0 Å². The molecule has 0 bridgehead atoms. The van der Waals surface area contributed by atoms with Gasteiger partial charge in [-0.3, -0.25) is 9.69 Å². The Morgan fingerprint density at radius 1 is 1.50 bits per heavy atom. The molecule has 1 N–H and O–H groups in total. The Bertz CT molecular complexity index is 466. The Kier molecular flexibility index (Phi) is 5.57. The van der Waals surface area contributed by atoms with Gasteiger partial charge in [0.25, 0.3) is 0 Å². The third-order valence-corrected chi connectivity index (χ3v) is 4.54. The monoisotopic (exact) mass is 339 g/mol. The van der Waals surface area contributed by atoms with Crippen LogP contribution in [0, 0.1) is 0 Å². The van der Waals surface area contributed by atoms with E-state index in [2.05, 4.69) is 33.1 Å². The second-order valence-electron chi connectivity index (χ2n) is 5.36. The van der Waals surface area contributed by atoms with Gasteiger partial charge in [0.1, 0.15) is 0 Å². The van der Waals surface area contributed by atoms with Crippen LogP contribution in [0.2, 0.25) is 0 Å². The predicted octanol–water partition coefficient (Wildman–Crippen LogP) is 1.70. The Balaban J connectivity index is 1.90. The van der Waals surface area contributed by atoms with E-state index < -0.39 is 0 Å². The zero-order valence-electron chi connectivity index (χ0n) is 12.1. The largest absolute Gasteiger partial charge is 0.340 e. The number of nitrogens with one attached hydrogen (secondary N) is 1. The molecule has 20 heavy (non-hydrogen) atoms. The van der Waals surface area contributed by atoms with E-state index in [0.29, 0.717) is 19.1 Å². The van der Waals surface area contributed by atoms with Gasteiger partial charge in [-0.1, -0.05) is 34.1 Å². The second kappa shape index (κ2) is 7.20. The molecule has 0 aliphatic carbocycles. The molecule has 1 aliphatic rings. The molecule has 1 atom stereocenters. The molecule has 1 saturated heterocycles. The first-order chi connectivity index (χ1) is 9.58. The normalized spacial score (nSPS) is 19.9. The van der Waals surface area contributed by atoms with Crippen LogP contribution in [0.3, 0.4) is 0 Å². The molecule has 0 saturated carbocycles. The summed E-state index contributed by atoms with van der Waals surface area (Å²) in [6.45, 7) is 6.17. The summed E-state index contributed by atoms with van der Waals surface area (Å²) in [5.74, 6) is 0.175. The number of carbonyl (C=O) groups is 1. The minimum absolute atomic E-state index is 0.175. The van der Waals surface area contributed by atoms with Gasteiger partial charge in [-0.25, -0.2) is 0 Å². The molecule has 1 heterocycles. The highest BCUT2D eigenvalue weighted by molar-refractivity contribution is 9.10. The van der Waals surface area contributed by atoms with Crippen molar-refractivity contribution in [3.05, 3.63) is 34.3 Å². The first kappa shape index (κ1) is 15.5. The number of hydrogen-bond acceptors (Lipinski definition) is 3. The molecule has 1 aliphatic heterocycles. The number of likely N-dealkylation sites (N-methyl/N-ethyl adjacent to an activating group) is 1. The van der Waals surface area contributed by atoms with E-state index >= 15 is 0 Å². The fourth-order valence-electron chi connectivity index (χ4n) is 2.38. The molecule has 0 spiro atoms. The van der Waals surface area contributed by atoms with Crippen LogP contribution >= 0.6 is 15.9 Å². The smallest absolute Gasteiger partial charge is 0.236 e. The summed E-state index contributed by atoms with van der Waals surface area (Å²) in [5.41, 5.74) is 1.14. The van der Waals surface area contributed by atoms with Gasteiger partial charge in [0.2, 0.25) is 5.91 Å². The van der Waals surface area contributed by atoms with Crippen LogP contribution in [0.15, 0.2) is 28.7 Å². The predicted molar refractivity (Wildman–Crippen MR) is 84.5 cm³/mol. The summed E-state index contributed by atoms with van der Waals surface area (Å²) >= 11 is 3.53. The van der Waals surface area contributed by atoms with Crippen molar-refractivity contribution < 1.29 is 4.79 Å². The van der Waals surface area contributed by atoms with Gasteiger partial charge in [0.05, 0.1) is 6.54 Å². The standard InChI is InChI=1S/C15H22BrN3O/c1-12-9-17-7-8-19(12)11-15(20)18(2)10-13-5-3-4-6-14(13)16/h3-6,12,17H,7-11H2,1-2H3/t12-/m1/s1. The third kappa shape index (κ3) is 4.04. The summed E-state index contributed by atoms with van der Waals surface area (Å²) in [4.78, 5) is 16.4. The number of hydrogen-bond donors (Lipinski definition) is 1. The summed E-state index contributed by atoms with van der Waals surface area (Å²) in [6.07, 6.45) is 0. The van der Waals surface area contributed by atoms with Crippen molar-refractivity contribution in [2.45, 2.75) is 19.5 Å². The summed E-state index contributed by atoms with van der Waals surface area (Å²) < 4.78 is 1.05. The maximum atomic E-state index is 12.3. The number of benzene rings is 1. The maximum Gasteiger partial charge on any atom is 0.236 e. The summed E-state index contributed by atoms with van der Waals surface area (Å²) in [7, 11) is 1.87. The van der Waals surface area contributed by atoms with Crippen LogP contribution in [-0.2, 0) is 11.3 Å². The molecule has 1 amide bonds. The number of amides is 1. The Morgan fingerprint density at radius 3 is 2.95 bits per heavy atom. The van der Waals surface area contributed by atoms with E-state index in [9.17, 15) is 4.79 Å². The number of rotatable bonds is 4. The van der Waals surface area contributed by atoms with Crippen LogP contribution in [0.25, 0.3) is 0 Å². The molecule has 1 aromatic rings. The van der Waals surface area contributed by atoms with Crippen LogP contribution in [-0.4, -0.2) is 55.0 Å². The minimum Gasteiger partial charge on any atom is -0.340 e. The average molecular weight is 340 g/mol. The zero-order valence-corrected chi connectivity index (χ0v) is 13.7. The molecule has 0 unspecified atom stereocenters. The van der Waals surface area contributed by atoms with Crippen molar-refractivity contribution in [2.75, 3.05) is 33.2 Å². The summed E-state index contributed by atoms with van der Waals surface area (Å²) in [5, 5.41) is 3.34. The maximum absolute atomic E-state index is 12.3. The zero-order chi connectivity index (χ0) is 14.5. The van der Waals surface area contributed by atoms with E-state index in [4.69, 9.17) is 0 Å². The Labute approximate surface area is 129 Å². The lowest BCUT2D eigenvalue weighted by atomic mass is 10.2. The van der Waals surface area contributed by atoms with Crippen molar-refractivity contribution in [2.24, 2.45) is 0 Å². The molecule has 0 aromatic heterocycles. The lowest BCUT2D eigenvalue weighted by Gasteiger charge is -2.34. The third-order valence-electron chi connectivity index (χ3n) is 3.77. The quantitative estimate of drug-likeness (QED) is 0.906. The number of piperazine rings is 1. The number of halogens is 1. The van der Waals surface area contributed by atoms with E-state index in [-0.39, 0.29) is 5.91 Å². The Hall–Kier alpha value is -0.910. The summed E-state index contributed by atoms with van der Waals surface area (Å²) in [6, 6.07) is 8.45. The van der Waals surface area contributed by atoms with Gasteiger partial charge < -0.3 is 10.2 Å². The molecule has 1 aromatic carbocycles. The lowest BCUT2D eigenvalue weighted by Crippen LogP contribution is -2.52. The highest BCUT2D eigenvalue weighted by atomic mass is 79.9. The van der Waals surface area contributed by atoms with Crippen LogP contribution < -0.4 is 5.32 Å². The fourth-order valence-corrected chi connectivity index (χ4v) is 2.79. The van der Waals surface area contributed by atoms with Gasteiger partial charge in [-0.2, -0.15) is 0 Å². The van der Waals surface area contributed by atoms with Crippen molar-refractivity contribution in [1.82, 2.24) is 15.1 Å². The van der Waals surface area contributed by atoms with Crippen LogP contribution in [0.1, 0.15) is 12.5 Å². The topological polar surface area (TPSA) is 35.6 Å². The second-order valence-corrected chi connectivity index (χ2v) is 6.22. The first-order valence-corrected chi connectivity index (χ1v) is 7.79. The fraction of sp³-hybridized carbons (Fsp3) is 0.533. The van der Waals surface area contributed by atoms with Crippen LogP contribution in [0.5, 0.6) is 0 Å². The average Bonchev–Trinajstić information content (AvgIpc) is 2.43. The van der Waals surface area contributed by atoms with Gasteiger partial charge in [-0.05, 0) is 18.6 Å². The van der Waals surface area contributed by atoms with E-state index in [1.807, 2.05) is 31.3 Å². The van der Waals surface area contributed by atoms with Crippen molar-refractivity contribution >= 4 is 21.8 Å². The van der Waals surface area contributed by atoms with Crippen molar-refractivity contribution in [3.63, 3.8) is 0 Å². The number of carbonyl (C=O) groups excluding carboxylic acids is 1. The molecule has 2 rings (SSSR count). The van der Waals surface area contributed by atoms with Crippen molar-refractivity contribution in [1.29, 1.82) is 0 Å². The van der Waals surface area contributed by atoms with E-state index in [1.165, 1.54) is 0 Å². The van der Waals surface area contributed by atoms with Gasteiger partial charge in [0.15, 0.2) is 0 Å². The Morgan fingerprint density at radius 2 is 2.25 bits per heavy atom. The van der Waals surface area contributed by atoms with Crippen molar-refractivity contribution in [3.8, 4) is 0 Å². The van der Waals surface area contributed by atoms with E-state index in [1.54, 1.807) is 4.90 Å². The van der Waals surface area contributed by atoms with Gasteiger partial charge in [-0.15, -0.1) is 0 Å². The van der Waals surface area contributed by atoms with E-state index in [0.717, 1.165) is 29.7 Å². The van der Waals surface area contributed by atoms with Gasteiger partial charge in [0, 0.05) is 43.7 Å². The lowest BCUT2D eigenvalue weighted by molar-refractivity contribution is -0.132. The molecule has 5 heteroatoms. The molecular weight excluding hydrogens is 318 g/mol. The minimum atomic E-state index is 0.175. The first-order valence-electron chi connectivity index (χ1n) is 7.00. The molecule has 1 fully saturated rings. The molecule has 4 nitrogen and oxygen atoms in total. The highest BCUT2D eigenvalue weighted by Crippen LogP contribution is 2.17. The molecular formula is C15H22BrN3O.